The molecule has 0 aromatic carbocycles. The van der Waals surface area contributed by atoms with E-state index in [1.165, 1.54) is 51.4 Å². The monoisotopic (exact) mass is 357 g/mol. The van der Waals surface area contributed by atoms with Gasteiger partial charge >= 0.3 is 12.1 Å². The van der Waals surface area contributed by atoms with Crippen LogP contribution in [0.5, 0.6) is 0 Å². The van der Waals surface area contributed by atoms with Crippen molar-refractivity contribution in [1.82, 2.24) is 5.32 Å². The number of carbonyl (C=O) groups excluding carboxylic acids is 2. The van der Waals surface area contributed by atoms with Crippen LogP contribution in [0.4, 0.5) is 4.79 Å². The number of hydrogen-bond donors (Lipinski definition) is 1. The largest absolute Gasteiger partial charge is 0.464 e. The maximum atomic E-state index is 11.8. The maximum absolute atomic E-state index is 11.8. The second-order valence-corrected chi connectivity index (χ2v) is 7.72. The minimum absolute atomic E-state index is 0.412. The van der Waals surface area contributed by atoms with Crippen molar-refractivity contribution in [3.63, 3.8) is 0 Å². The Bertz CT molecular complexity index is 363. The molecule has 0 aliphatic rings. The van der Waals surface area contributed by atoms with Crippen LogP contribution in [0, 0.1) is 0 Å². The Balaban J connectivity index is 3.55. The van der Waals surface area contributed by atoms with Crippen LogP contribution in [0.2, 0.25) is 0 Å². The first-order valence-corrected chi connectivity index (χ1v) is 9.92. The quantitative estimate of drug-likeness (QED) is 0.356. The molecule has 0 spiro atoms. The van der Waals surface area contributed by atoms with Crippen molar-refractivity contribution in [2.24, 2.45) is 0 Å². The van der Waals surface area contributed by atoms with Gasteiger partial charge in [-0.15, -0.1) is 0 Å². The zero-order valence-corrected chi connectivity index (χ0v) is 17.0. The van der Waals surface area contributed by atoms with Crippen LogP contribution in [0.3, 0.4) is 0 Å². The first-order valence-electron chi connectivity index (χ1n) is 9.92. The summed E-state index contributed by atoms with van der Waals surface area (Å²) in [6.07, 6.45) is 11.8. The van der Waals surface area contributed by atoms with Crippen molar-refractivity contribution in [2.45, 2.75) is 110 Å². The minimum atomic E-state index is -0.696. The fourth-order valence-electron chi connectivity index (χ4n) is 2.43. The third kappa shape index (κ3) is 16.0. The molecule has 0 aromatic rings. The van der Waals surface area contributed by atoms with Crippen LogP contribution >= 0.6 is 0 Å². The highest BCUT2D eigenvalue weighted by molar-refractivity contribution is 5.80. The van der Waals surface area contributed by atoms with Gasteiger partial charge in [-0.3, -0.25) is 0 Å². The summed E-state index contributed by atoms with van der Waals surface area (Å²) in [6, 6.07) is -0.696. The summed E-state index contributed by atoms with van der Waals surface area (Å²) in [5, 5.41) is 2.49. The van der Waals surface area contributed by atoms with Crippen LogP contribution < -0.4 is 5.32 Å². The van der Waals surface area contributed by atoms with E-state index in [1.54, 1.807) is 27.7 Å². The average molecular weight is 358 g/mol. The molecule has 148 valence electrons. The molecule has 0 radical (unpaired) electrons. The molecule has 0 bridgehead atoms. The van der Waals surface area contributed by atoms with E-state index in [4.69, 9.17) is 9.47 Å². The smallest absolute Gasteiger partial charge is 0.408 e. The van der Waals surface area contributed by atoms with Crippen LogP contribution in [0.15, 0.2) is 0 Å². The first-order chi connectivity index (χ1) is 11.8. The second kappa shape index (κ2) is 14.0. The molecule has 0 aromatic heterocycles. The van der Waals surface area contributed by atoms with E-state index in [0.717, 1.165) is 12.8 Å². The molecule has 1 atom stereocenters. The van der Waals surface area contributed by atoms with Gasteiger partial charge in [0.05, 0.1) is 6.61 Å². The number of ether oxygens (including phenoxy) is 2. The summed E-state index contributed by atoms with van der Waals surface area (Å²) < 4.78 is 10.3. The molecule has 5 heteroatoms. The summed E-state index contributed by atoms with van der Waals surface area (Å²) in [4.78, 5) is 23.4. The van der Waals surface area contributed by atoms with Crippen molar-refractivity contribution in [2.75, 3.05) is 6.61 Å². The number of amides is 1. The van der Waals surface area contributed by atoms with E-state index < -0.39 is 23.7 Å². The molecular weight excluding hydrogens is 318 g/mol. The predicted molar refractivity (Wildman–Crippen MR) is 102 cm³/mol. The number of alkyl carbamates (subject to hydrolysis) is 1. The summed E-state index contributed by atoms with van der Waals surface area (Å²) in [5.41, 5.74) is -0.580. The molecule has 1 N–H and O–H groups in total. The SMILES string of the molecule is CCCCCCCCCCCCOC(=O)[C@@H](C)NC(=O)OC(C)(C)C. The zero-order chi connectivity index (χ0) is 19.1. The number of unbranched alkanes of at least 4 members (excludes halogenated alkanes) is 9. The van der Waals surface area contributed by atoms with Gasteiger partial charge in [0.15, 0.2) is 0 Å². The minimum Gasteiger partial charge on any atom is -0.464 e. The summed E-state index contributed by atoms with van der Waals surface area (Å²) in [7, 11) is 0. The molecule has 25 heavy (non-hydrogen) atoms. The maximum Gasteiger partial charge on any atom is 0.408 e. The molecule has 0 unspecified atom stereocenters. The molecule has 5 nitrogen and oxygen atoms in total. The van der Waals surface area contributed by atoms with E-state index in [-0.39, 0.29) is 0 Å². The Morgan fingerprint density at radius 3 is 1.84 bits per heavy atom. The van der Waals surface area contributed by atoms with Gasteiger partial charge in [-0.05, 0) is 34.1 Å². The molecule has 0 aliphatic heterocycles. The summed E-state index contributed by atoms with van der Waals surface area (Å²) in [5.74, 6) is -0.415. The molecule has 0 aliphatic carbocycles. The number of carbonyl (C=O) groups is 2. The van der Waals surface area contributed by atoms with E-state index in [0.29, 0.717) is 6.61 Å². The number of nitrogens with one attached hydrogen (secondary N) is 1. The predicted octanol–water partition coefficient (Wildman–Crippen LogP) is 5.36. The Kier molecular flexibility index (Phi) is 13.3. The van der Waals surface area contributed by atoms with Gasteiger partial charge in [-0.25, -0.2) is 9.59 Å². The first kappa shape index (κ1) is 23.7. The molecule has 0 saturated carbocycles. The van der Waals surface area contributed by atoms with Gasteiger partial charge in [0, 0.05) is 0 Å². The lowest BCUT2D eigenvalue weighted by molar-refractivity contribution is -0.145. The van der Waals surface area contributed by atoms with Crippen molar-refractivity contribution < 1.29 is 19.1 Å². The lowest BCUT2D eigenvalue weighted by atomic mass is 10.1. The van der Waals surface area contributed by atoms with Crippen molar-refractivity contribution in [3.8, 4) is 0 Å². The van der Waals surface area contributed by atoms with Gasteiger partial charge in [0.2, 0.25) is 0 Å². The van der Waals surface area contributed by atoms with E-state index in [9.17, 15) is 9.59 Å². The van der Waals surface area contributed by atoms with E-state index in [2.05, 4.69) is 12.2 Å². The molecule has 1 amide bonds. The van der Waals surface area contributed by atoms with Crippen LogP contribution in [0.1, 0.15) is 98.8 Å². The normalized spacial score (nSPS) is 12.5. The van der Waals surface area contributed by atoms with Gasteiger partial charge < -0.3 is 14.8 Å². The molecule has 0 fully saturated rings. The summed E-state index contributed by atoms with van der Waals surface area (Å²) in [6.45, 7) is 9.59. The average Bonchev–Trinajstić information content (AvgIpc) is 2.50. The molecule has 0 rings (SSSR count). The molecule has 0 heterocycles. The number of esters is 1. The second-order valence-electron chi connectivity index (χ2n) is 7.72. The molecule has 0 saturated heterocycles. The van der Waals surface area contributed by atoms with Crippen molar-refractivity contribution >= 4 is 12.1 Å². The van der Waals surface area contributed by atoms with Crippen LogP contribution in [0.25, 0.3) is 0 Å². The van der Waals surface area contributed by atoms with E-state index in [1.807, 2.05) is 0 Å². The number of hydrogen-bond acceptors (Lipinski definition) is 4. The van der Waals surface area contributed by atoms with Gasteiger partial charge in [-0.2, -0.15) is 0 Å². The van der Waals surface area contributed by atoms with Crippen LogP contribution in [-0.2, 0) is 14.3 Å². The zero-order valence-electron chi connectivity index (χ0n) is 17.0. The Morgan fingerprint density at radius 2 is 1.36 bits per heavy atom. The third-order valence-electron chi connectivity index (χ3n) is 3.83. The van der Waals surface area contributed by atoms with Gasteiger partial charge in [-0.1, -0.05) is 64.7 Å². The topological polar surface area (TPSA) is 64.6 Å². The van der Waals surface area contributed by atoms with Crippen molar-refractivity contribution in [3.05, 3.63) is 0 Å². The van der Waals surface area contributed by atoms with Gasteiger partial charge in [0.25, 0.3) is 0 Å². The van der Waals surface area contributed by atoms with E-state index >= 15 is 0 Å². The Labute approximate surface area is 154 Å². The highest BCUT2D eigenvalue weighted by Gasteiger charge is 2.21. The number of rotatable bonds is 13. The molecular formula is C20H39NO4. The Hall–Kier alpha value is -1.26. The Morgan fingerprint density at radius 1 is 0.880 bits per heavy atom. The summed E-state index contributed by atoms with van der Waals surface area (Å²) >= 11 is 0. The third-order valence-corrected chi connectivity index (χ3v) is 3.83. The van der Waals surface area contributed by atoms with Crippen LogP contribution in [-0.4, -0.2) is 30.3 Å². The van der Waals surface area contributed by atoms with Gasteiger partial charge in [0.1, 0.15) is 11.6 Å². The lowest BCUT2D eigenvalue weighted by Crippen LogP contribution is -2.42. The lowest BCUT2D eigenvalue weighted by Gasteiger charge is -2.21. The highest BCUT2D eigenvalue weighted by Crippen LogP contribution is 2.10. The fraction of sp³-hybridized carbons (Fsp3) is 0.900. The van der Waals surface area contributed by atoms with Crippen molar-refractivity contribution in [1.29, 1.82) is 0 Å². The highest BCUT2D eigenvalue weighted by atomic mass is 16.6. The standard InChI is InChI=1S/C20H39NO4/c1-6-7-8-9-10-11-12-13-14-15-16-24-18(22)17(2)21-19(23)25-20(3,4)5/h17H,6-16H2,1-5H3,(H,21,23)/t17-/m1/s1. The fourth-order valence-corrected chi connectivity index (χ4v) is 2.43.